The van der Waals surface area contributed by atoms with Gasteiger partial charge in [-0.1, -0.05) is 30.3 Å². The number of hydrogen-bond acceptors (Lipinski definition) is 3. The number of aromatic nitrogens is 1. The molecule has 26 heavy (non-hydrogen) atoms. The Morgan fingerprint density at radius 1 is 1.08 bits per heavy atom. The number of nitrogens with zero attached hydrogens (tertiary/aromatic N) is 2. The molecule has 2 aromatic rings. The summed E-state index contributed by atoms with van der Waals surface area (Å²) in [4.78, 5) is 19.3. The van der Waals surface area contributed by atoms with Crippen LogP contribution in [0.15, 0.2) is 54.9 Å². The van der Waals surface area contributed by atoms with Crippen molar-refractivity contribution in [2.45, 2.75) is 45.2 Å². The summed E-state index contributed by atoms with van der Waals surface area (Å²) in [6.07, 6.45) is 6.38. The zero-order valence-corrected chi connectivity index (χ0v) is 15.8. The molecule has 1 amide bonds. The number of likely N-dealkylation sites (tertiary alicyclic amines) is 1. The van der Waals surface area contributed by atoms with Crippen LogP contribution in [0.25, 0.3) is 0 Å². The van der Waals surface area contributed by atoms with Crippen LogP contribution < -0.4 is 5.32 Å². The molecule has 0 spiro atoms. The van der Waals surface area contributed by atoms with Gasteiger partial charge in [-0.05, 0) is 69.0 Å². The van der Waals surface area contributed by atoms with Gasteiger partial charge in [-0.25, -0.2) is 0 Å². The highest BCUT2D eigenvalue weighted by Gasteiger charge is 2.24. The summed E-state index contributed by atoms with van der Waals surface area (Å²) in [5, 5.41) is 3.25. The number of piperidine rings is 1. The number of carbonyl (C=O) groups is 1. The lowest BCUT2D eigenvalue weighted by atomic mass is 9.92. The normalized spacial score (nSPS) is 17.2. The maximum Gasteiger partial charge on any atom is 0.221 e. The van der Waals surface area contributed by atoms with Crippen LogP contribution in [-0.2, 0) is 4.79 Å². The van der Waals surface area contributed by atoms with Gasteiger partial charge in [0, 0.05) is 24.9 Å². The van der Waals surface area contributed by atoms with Gasteiger partial charge in [-0.15, -0.1) is 0 Å². The molecule has 1 saturated heterocycles. The van der Waals surface area contributed by atoms with Crippen LogP contribution in [0.4, 0.5) is 0 Å². The van der Waals surface area contributed by atoms with Crippen LogP contribution in [0.2, 0.25) is 0 Å². The molecule has 1 aliphatic rings. The highest BCUT2D eigenvalue weighted by molar-refractivity contribution is 5.77. The molecule has 138 valence electrons. The molecule has 4 nitrogen and oxygen atoms in total. The Balaban J connectivity index is 1.63. The summed E-state index contributed by atoms with van der Waals surface area (Å²) in [5.41, 5.74) is 2.16. The van der Waals surface area contributed by atoms with Gasteiger partial charge in [-0.3, -0.25) is 9.78 Å². The third-order valence-electron chi connectivity index (χ3n) is 5.33. The van der Waals surface area contributed by atoms with Crippen molar-refractivity contribution in [1.29, 1.82) is 0 Å². The maximum atomic E-state index is 12.7. The number of hydrogen-bond donors (Lipinski definition) is 1. The molecule has 1 aromatic heterocycles. The lowest BCUT2D eigenvalue weighted by Crippen LogP contribution is -2.40. The summed E-state index contributed by atoms with van der Waals surface area (Å²) in [6, 6.07) is 14.6. The van der Waals surface area contributed by atoms with Gasteiger partial charge >= 0.3 is 0 Å². The molecular formula is C22H29N3O. The van der Waals surface area contributed by atoms with Crippen LogP contribution in [0, 0.1) is 5.92 Å². The molecule has 0 unspecified atom stereocenters. The molecule has 2 heterocycles. The topological polar surface area (TPSA) is 45.2 Å². The minimum absolute atomic E-state index is 0.123. The minimum Gasteiger partial charge on any atom is -0.345 e. The molecule has 1 aliphatic heterocycles. The van der Waals surface area contributed by atoms with E-state index in [0.29, 0.717) is 18.4 Å². The van der Waals surface area contributed by atoms with Crippen LogP contribution in [0.5, 0.6) is 0 Å². The Morgan fingerprint density at radius 2 is 1.69 bits per heavy atom. The summed E-state index contributed by atoms with van der Waals surface area (Å²) < 4.78 is 0. The fraction of sp³-hybridized carbons (Fsp3) is 0.455. The van der Waals surface area contributed by atoms with Crippen molar-refractivity contribution in [2.75, 3.05) is 13.1 Å². The summed E-state index contributed by atoms with van der Waals surface area (Å²) in [5.74, 6) is 0.623. The lowest BCUT2D eigenvalue weighted by Gasteiger charge is -2.34. The average Bonchev–Trinajstić information content (AvgIpc) is 2.68. The summed E-state index contributed by atoms with van der Waals surface area (Å²) in [7, 11) is 0. The third kappa shape index (κ3) is 4.92. The Bertz CT molecular complexity index is 640. The molecule has 1 fully saturated rings. The van der Waals surface area contributed by atoms with Crippen molar-refractivity contribution < 1.29 is 4.79 Å². The molecule has 0 aliphatic carbocycles. The monoisotopic (exact) mass is 351 g/mol. The van der Waals surface area contributed by atoms with E-state index in [1.54, 1.807) is 12.4 Å². The molecule has 0 bridgehead atoms. The van der Waals surface area contributed by atoms with Crippen molar-refractivity contribution >= 4 is 5.91 Å². The van der Waals surface area contributed by atoms with Crippen molar-refractivity contribution in [3.63, 3.8) is 0 Å². The smallest absolute Gasteiger partial charge is 0.221 e. The highest BCUT2D eigenvalue weighted by atomic mass is 16.1. The fourth-order valence-corrected chi connectivity index (χ4v) is 3.72. The average molecular weight is 351 g/mol. The molecule has 1 N–H and O–H groups in total. The van der Waals surface area contributed by atoms with Crippen LogP contribution in [0.1, 0.15) is 50.3 Å². The van der Waals surface area contributed by atoms with E-state index in [1.807, 2.05) is 30.3 Å². The first kappa shape index (κ1) is 18.6. The lowest BCUT2D eigenvalue weighted by molar-refractivity contribution is -0.122. The van der Waals surface area contributed by atoms with Gasteiger partial charge in [0.15, 0.2) is 0 Å². The van der Waals surface area contributed by atoms with Crippen molar-refractivity contribution in [3.05, 3.63) is 66.0 Å². The van der Waals surface area contributed by atoms with E-state index in [2.05, 4.69) is 41.2 Å². The zero-order valence-electron chi connectivity index (χ0n) is 15.8. The van der Waals surface area contributed by atoms with Gasteiger partial charge in [0.05, 0.1) is 6.04 Å². The Labute approximate surface area is 156 Å². The number of nitrogens with one attached hydrogen (secondary N) is 1. The first-order valence-corrected chi connectivity index (χ1v) is 9.61. The second kappa shape index (κ2) is 8.95. The summed E-state index contributed by atoms with van der Waals surface area (Å²) >= 11 is 0. The van der Waals surface area contributed by atoms with Gasteiger partial charge < -0.3 is 10.2 Å². The second-order valence-corrected chi connectivity index (χ2v) is 7.47. The van der Waals surface area contributed by atoms with E-state index in [9.17, 15) is 4.79 Å². The van der Waals surface area contributed by atoms with E-state index in [0.717, 1.165) is 37.1 Å². The molecule has 3 rings (SSSR count). The molecule has 4 heteroatoms. The zero-order chi connectivity index (χ0) is 18.4. The van der Waals surface area contributed by atoms with E-state index in [1.165, 1.54) is 0 Å². The standard InChI is InChI=1S/C22H29N3O/c1-17(2)25-14-10-18(11-15-25)16-21(26)24-22(19-6-4-3-5-7-19)20-8-12-23-13-9-20/h3-9,12-13,17-18,22H,10-11,14-16H2,1-2H3,(H,24,26)/t22-/m0/s1. The van der Waals surface area contributed by atoms with Crippen molar-refractivity contribution in [2.24, 2.45) is 5.92 Å². The largest absolute Gasteiger partial charge is 0.345 e. The van der Waals surface area contributed by atoms with Crippen LogP contribution >= 0.6 is 0 Å². The van der Waals surface area contributed by atoms with E-state index in [-0.39, 0.29) is 11.9 Å². The number of benzene rings is 1. The number of amides is 1. The number of pyridine rings is 1. The van der Waals surface area contributed by atoms with Crippen molar-refractivity contribution in [1.82, 2.24) is 15.2 Å². The second-order valence-electron chi connectivity index (χ2n) is 7.47. The van der Waals surface area contributed by atoms with E-state index in [4.69, 9.17) is 0 Å². The minimum atomic E-state index is -0.123. The molecular weight excluding hydrogens is 322 g/mol. The van der Waals surface area contributed by atoms with Crippen LogP contribution in [0.3, 0.4) is 0 Å². The van der Waals surface area contributed by atoms with Gasteiger partial charge in [0.25, 0.3) is 0 Å². The number of rotatable bonds is 6. The van der Waals surface area contributed by atoms with Crippen LogP contribution in [-0.4, -0.2) is 34.9 Å². The fourth-order valence-electron chi connectivity index (χ4n) is 3.72. The Kier molecular flexibility index (Phi) is 6.40. The van der Waals surface area contributed by atoms with Gasteiger partial charge in [-0.2, -0.15) is 0 Å². The number of carbonyl (C=O) groups excluding carboxylic acids is 1. The third-order valence-corrected chi connectivity index (χ3v) is 5.33. The first-order valence-electron chi connectivity index (χ1n) is 9.61. The predicted octanol–water partition coefficient (Wildman–Crippen LogP) is 3.80. The quantitative estimate of drug-likeness (QED) is 0.861. The molecule has 1 aromatic carbocycles. The van der Waals surface area contributed by atoms with E-state index < -0.39 is 0 Å². The Hall–Kier alpha value is -2.20. The molecule has 0 saturated carbocycles. The van der Waals surface area contributed by atoms with Gasteiger partial charge in [0.1, 0.15) is 0 Å². The van der Waals surface area contributed by atoms with E-state index >= 15 is 0 Å². The highest BCUT2D eigenvalue weighted by Crippen LogP contribution is 2.24. The predicted molar refractivity (Wildman–Crippen MR) is 105 cm³/mol. The van der Waals surface area contributed by atoms with Crippen molar-refractivity contribution in [3.8, 4) is 0 Å². The van der Waals surface area contributed by atoms with Gasteiger partial charge in [0.2, 0.25) is 5.91 Å². The SMILES string of the molecule is CC(C)N1CCC(CC(=O)N[C@@H](c2ccccc2)c2ccncc2)CC1. The Morgan fingerprint density at radius 3 is 2.31 bits per heavy atom. The molecule has 0 radical (unpaired) electrons. The molecule has 1 atom stereocenters. The first-order chi connectivity index (χ1) is 12.6. The summed E-state index contributed by atoms with van der Waals surface area (Å²) in [6.45, 7) is 6.68. The maximum absolute atomic E-state index is 12.7.